The molecule has 0 saturated carbocycles. The molecule has 3 rings (SSSR count). The molecule has 2 aromatic rings. The molecule has 1 fully saturated rings. The van der Waals surface area contributed by atoms with Crippen molar-refractivity contribution in [2.24, 2.45) is 0 Å². The molecule has 0 unspecified atom stereocenters. The molecule has 1 aromatic heterocycles. The van der Waals surface area contributed by atoms with Gasteiger partial charge in [-0.15, -0.1) is 0 Å². The van der Waals surface area contributed by atoms with Crippen LogP contribution in [0.25, 0.3) is 0 Å². The summed E-state index contributed by atoms with van der Waals surface area (Å²) in [6.07, 6.45) is 2.29. The number of carbonyl (C=O) groups is 2. The third-order valence-corrected chi connectivity index (χ3v) is 4.16. The highest BCUT2D eigenvalue weighted by molar-refractivity contribution is 5.96. The fourth-order valence-electron chi connectivity index (χ4n) is 2.83. The quantitative estimate of drug-likeness (QED) is 0.912. The van der Waals surface area contributed by atoms with Gasteiger partial charge in [-0.25, -0.2) is 4.39 Å². The van der Waals surface area contributed by atoms with Gasteiger partial charge in [-0.3, -0.25) is 14.3 Å². The van der Waals surface area contributed by atoms with Crippen LogP contribution in [-0.2, 0) is 20.9 Å². The van der Waals surface area contributed by atoms with Crippen molar-refractivity contribution in [3.63, 3.8) is 0 Å². The van der Waals surface area contributed by atoms with Crippen molar-refractivity contribution in [1.29, 1.82) is 0 Å². The molecule has 0 bridgehead atoms. The number of nitrogens with one attached hydrogen (secondary N) is 1. The maximum absolute atomic E-state index is 13.6. The predicted octanol–water partition coefficient (Wildman–Crippen LogP) is 1.58. The van der Waals surface area contributed by atoms with Crippen molar-refractivity contribution in [1.82, 2.24) is 14.7 Å². The monoisotopic (exact) mass is 346 g/mol. The molecule has 0 aliphatic carbocycles. The molecule has 7 nitrogen and oxygen atoms in total. The second-order valence-corrected chi connectivity index (χ2v) is 5.81. The number of hydrogen-bond acceptors (Lipinski definition) is 4. The predicted molar refractivity (Wildman–Crippen MR) is 88.2 cm³/mol. The van der Waals surface area contributed by atoms with E-state index in [0.717, 1.165) is 0 Å². The number of aryl methyl sites for hydroxylation is 1. The highest BCUT2D eigenvalue weighted by Gasteiger charge is 2.40. The Bertz CT molecular complexity index is 792. The van der Waals surface area contributed by atoms with Gasteiger partial charge in [0.2, 0.25) is 5.91 Å². The topological polar surface area (TPSA) is 76.5 Å². The third kappa shape index (κ3) is 3.53. The van der Waals surface area contributed by atoms with E-state index in [9.17, 15) is 14.0 Å². The lowest BCUT2D eigenvalue weighted by molar-refractivity contribution is -0.160. The maximum atomic E-state index is 13.6. The molecule has 1 aliphatic rings. The minimum atomic E-state index is -0.950. The number of likely N-dealkylation sites (N-methyl/N-ethyl adjacent to an activating group) is 1. The van der Waals surface area contributed by atoms with Crippen LogP contribution in [0.4, 0.5) is 10.1 Å². The molecule has 8 heteroatoms. The third-order valence-electron chi connectivity index (χ3n) is 4.16. The Hall–Kier alpha value is -2.74. The molecule has 1 aliphatic heterocycles. The molecular weight excluding hydrogens is 327 g/mol. The first-order chi connectivity index (χ1) is 12.0. The number of benzene rings is 1. The van der Waals surface area contributed by atoms with E-state index in [1.54, 1.807) is 24.0 Å². The van der Waals surface area contributed by atoms with Crippen molar-refractivity contribution in [3.05, 3.63) is 48.0 Å². The van der Waals surface area contributed by atoms with Gasteiger partial charge < -0.3 is 15.0 Å². The smallest absolute Gasteiger partial charge is 0.256 e. The minimum absolute atomic E-state index is 0.200. The first-order valence-corrected chi connectivity index (χ1v) is 7.95. The zero-order chi connectivity index (χ0) is 18.0. The van der Waals surface area contributed by atoms with Gasteiger partial charge in [0.1, 0.15) is 12.4 Å². The molecular formula is C17H19FN4O3. The summed E-state index contributed by atoms with van der Waals surface area (Å²) in [5.41, 5.74) is 1.04. The number of ether oxygens (including phenoxy) is 1. The average molecular weight is 346 g/mol. The van der Waals surface area contributed by atoms with Crippen LogP contribution >= 0.6 is 0 Å². The van der Waals surface area contributed by atoms with Crippen LogP contribution in [0.1, 0.15) is 18.5 Å². The van der Waals surface area contributed by atoms with E-state index in [1.807, 2.05) is 6.92 Å². The van der Waals surface area contributed by atoms with Crippen molar-refractivity contribution >= 4 is 17.5 Å². The summed E-state index contributed by atoms with van der Waals surface area (Å²) in [6.45, 7) is 2.41. The number of amides is 2. The van der Waals surface area contributed by atoms with Crippen molar-refractivity contribution < 1.29 is 18.7 Å². The highest BCUT2D eigenvalue weighted by Crippen LogP contribution is 2.30. The maximum Gasteiger partial charge on any atom is 0.256 e. The SMILES string of the molecule is CCn1cc(NC(=O)[C@H]2OCC(=O)N(C)[C@@H]2c2cccc(F)c2)cn1. The van der Waals surface area contributed by atoms with Crippen molar-refractivity contribution in [2.45, 2.75) is 25.6 Å². The molecule has 132 valence electrons. The number of halogens is 1. The normalized spacial score (nSPS) is 20.6. The zero-order valence-corrected chi connectivity index (χ0v) is 14.0. The number of carbonyl (C=O) groups excluding carboxylic acids is 2. The van der Waals surface area contributed by atoms with Crippen LogP contribution < -0.4 is 5.32 Å². The standard InChI is InChI=1S/C17H19FN4O3/c1-3-22-9-13(8-19-22)20-17(24)16-15(21(2)14(23)10-25-16)11-5-4-6-12(18)7-11/h4-9,15-16H,3,10H2,1-2H3,(H,20,24)/t15-,16+/m1/s1. The van der Waals surface area contributed by atoms with Crippen molar-refractivity contribution in [2.75, 3.05) is 19.0 Å². The molecule has 1 aromatic carbocycles. The average Bonchev–Trinajstić information content (AvgIpc) is 3.04. The van der Waals surface area contributed by atoms with Crippen molar-refractivity contribution in [3.8, 4) is 0 Å². The Morgan fingerprint density at radius 1 is 1.48 bits per heavy atom. The molecule has 2 heterocycles. The summed E-state index contributed by atoms with van der Waals surface area (Å²) in [5, 5.41) is 6.83. The molecule has 0 radical (unpaired) electrons. The number of morpholine rings is 1. The van der Waals surface area contributed by atoms with Gasteiger partial charge in [-0.05, 0) is 24.6 Å². The van der Waals surface area contributed by atoms with E-state index in [2.05, 4.69) is 10.4 Å². The zero-order valence-electron chi connectivity index (χ0n) is 14.0. The van der Waals surface area contributed by atoms with Crippen LogP contribution in [0.5, 0.6) is 0 Å². The number of aromatic nitrogens is 2. The lowest BCUT2D eigenvalue weighted by atomic mass is 9.97. The molecule has 25 heavy (non-hydrogen) atoms. The number of rotatable bonds is 4. The Morgan fingerprint density at radius 3 is 2.96 bits per heavy atom. The Labute approximate surface area is 144 Å². The summed E-state index contributed by atoms with van der Waals surface area (Å²) in [6, 6.07) is 5.11. The summed E-state index contributed by atoms with van der Waals surface area (Å²) in [5.74, 6) is -1.12. The van der Waals surface area contributed by atoms with E-state index < -0.39 is 23.9 Å². The van der Waals surface area contributed by atoms with E-state index >= 15 is 0 Å². The van der Waals surface area contributed by atoms with Crippen LogP contribution in [0.3, 0.4) is 0 Å². The summed E-state index contributed by atoms with van der Waals surface area (Å²) in [4.78, 5) is 26.1. The van der Waals surface area contributed by atoms with Gasteiger partial charge in [0.15, 0.2) is 6.10 Å². The van der Waals surface area contributed by atoms with Crippen LogP contribution in [-0.4, -0.2) is 46.3 Å². The molecule has 1 N–H and O–H groups in total. The van der Waals surface area contributed by atoms with E-state index in [4.69, 9.17) is 4.74 Å². The second kappa shape index (κ2) is 7.02. The fourth-order valence-corrected chi connectivity index (χ4v) is 2.83. The summed E-state index contributed by atoms with van der Waals surface area (Å²) in [7, 11) is 1.58. The molecule has 2 atom stereocenters. The molecule has 0 spiro atoms. The van der Waals surface area contributed by atoms with Gasteiger partial charge in [0.25, 0.3) is 5.91 Å². The van der Waals surface area contributed by atoms with Gasteiger partial charge in [-0.2, -0.15) is 5.10 Å². The van der Waals surface area contributed by atoms with Crippen LogP contribution in [0, 0.1) is 5.82 Å². The van der Waals surface area contributed by atoms with Gasteiger partial charge in [0, 0.05) is 19.8 Å². The Kier molecular flexibility index (Phi) is 4.80. The second-order valence-electron chi connectivity index (χ2n) is 5.81. The van der Waals surface area contributed by atoms with Gasteiger partial charge >= 0.3 is 0 Å². The van der Waals surface area contributed by atoms with Gasteiger partial charge in [0.05, 0.1) is 17.9 Å². The van der Waals surface area contributed by atoms with E-state index in [1.165, 1.54) is 29.3 Å². The Balaban J connectivity index is 1.86. The minimum Gasteiger partial charge on any atom is -0.356 e. The largest absolute Gasteiger partial charge is 0.356 e. The number of hydrogen-bond donors (Lipinski definition) is 1. The molecule has 2 amide bonds. The summed E-state index contributed by atoms with van der Waals surface area (Å²) < 4.78 is 20.8. The fraction of sp³-hybridized carbons (Fsp3) is 0.353. The van der Waals surface area contributed by atoms with Crippen LogP contribution in [0.2, 0.25) is 0 Å². The van der Waals surface area contributed by atoms with E-state index in [0.29, 0.717) is 17.8 Å². The Morgan fingerprint density at radius 2 is 2.28 bits per heavy atom. The summed E-state index contributed by atoms with van der Waals surface area (Å²) >= 11 is 0. The van der Waals surface area contributed by atoms with E-state index in [-0.39, 0.29) is 12.5 Å². The molecule has 1 saturated heterocycles. The number of nitrogens with zero attached hydrogens (tertiary/aromatic N) is 3. The highest BCUT2D eigenvalue weighted by atomic mass is 19.1. The first-order valence-electron chi connectivity index (χ1n) is 7.95. The lowest BCUT2D eigenvalue weighted by Crippen LogP contribution is -2.51. The number of anilines is 1. The van der Waals surface area contributed by atoms with Crippen LogP contribution in [0.15, 0.2) is 36.7 Å². The lowest BCUT2D eigenvalue weighted by Gasteiger charge is -2.38. The first kappa shape index (κ1) is 17.1. The van der Waals surface area contributed by atoms with Gasteiger partial charge in [-0.1, -0.05) is 12.1 Å².